The Bertz CT molecular complexity index is 424. The van der Waals surface area contributed by atoms with Crippen LogP contribution in [-0.4, -0.2) is 76.7 Å². The number of rotatable bonds is 5. The normalized spacial score (nSPS) is 24.5. The molecule has 1 heterocycles. The van der Waals surface area contributed by atoms with Crippen molar-refractivity contribution in [3.8, 4) is 0 Å². The predicted molar refractivity (Wildman–Crippen MR) is 68.9 cm³/mol. The van der Waals surface area contributed by atoms with Crippen molar-refractivity contribution >= 4 is 56.0 Å². The van der Waals surface area contributed by atoms with E-state index in [1.807, 2.05) is 0 Å². The van der Waals surface area contributed by atoms with Gasteiger partial charge in [-0.15, -0.1) is 0 Å². The van der Waals surface area contributed by atoms with Crippen molar-refractivity contribution in [3.05, 3.63) is 0 Å². The van der Waals surface area contributed by atoms with E-state index >= 15 is 0 Å². The maximum absolute atomic E-state index is 12.4. The molecule has 0 atom stereocenters. The van der Waals surface area contributed by atoms with Crippen molar-refractivity contribution < 1.29 is 22.4 Å². The molecule has 1 radical (unpaired) electrons. The molecular formula is C8H14O5PS2Tl-. The van der Waals surface area contributed by atoms with Crippen LogP contribution in [0, 0.1) is 0 Å². The van der Waals surface area contributed by atoms with Gasteiger partial charge in [0.2, 0.25) is 0 Å². The molecule has 9 heteroatoms. The van der Waals surface area contributed by atoms with E-state index in [0.717, 1.165) is 0 Å². The molecule has 0 bridgehead atoms. The molecule has 1 aliphatic heterocycles. The SMILES string of the molecule is O=S(=O)(C1(CO)CC1)C1(CO[SH-]#P)COC1.[Tl]. The molecule has 0 unspecified atom stereocenters. The minimum atomic E-state index is -3.41. The Balaban J connectivity index is 0.00000144. The van der Waals surface area contributed by atoms with Crippen molar-refractivity contribution in [3.63, 3.8) is 0 Å². The quantitative estimate of drug-likeness (QED) is 0.241. The summed E-state index contributed by atoms with van der Waals surface area (Å²) in [5.74, 6) is 0. The number of aliphatic hydroxyl groups is 1. The Morgan fingerprint density at radius 3 is 2.24 bits per heavy atom. The van der Waals surface area contributed by atoms with E-state index in [1.165, 1.54) is 0 Å². The van der Waals surface area contributed by atoms with Crippen LogP contribution in [0.2, 0.25) is 0 Å². The molecule has 5 nitrogen and oxygen atoms in total. The molecule has 2 aliphatic rings. The van der Waals surface area contributed by atoms with Crippen molar-refractivity contribution in [1.82, 2.24) is 0 Å². The summed E-state index contributed by atoms with van der Waals surface area (Å²) in [5, 5.41) is 9.22. The van der Waals surface area contributed by atoms with Gasteiger partial charge < -0.3 is 0 Å². The Hall–Kier alpha value is 1.53. The van der Waals surface area contributed by atoms with E-state index in [0.29, 0.717) is 23.9 Å². The number of hydrogen-bond acceptors (Lipinski definition) is 6. The molecule has 97 valence electrons. The maximum atomic E-state index is 12.4. The van der Waals surface area contributed by atoms with E-state index in [9.17, 15) is 13.5 Å². The number of ether oxygens (including phenoxy) is 1. The van der Waals surface area contributed by atoms with Crippen LogP contribution in [0.15, 0.2) is 0 Å². The zero-order valence-electron chi connectivity index (χ0n) is 9.20. The third kappa shape index (κ3) is 2.57. The Morgan fingerprint density at radius 1 is 1.35 bits per heavy atom. The third-order valence-corrected chi connectivity index (χ3v) is 7.11. The number of sulfone groups is 1. The second-order valence-corrected chi connectivity index (χ2v) is 8.03. The van der Waals surface area contributed by atoms with Crippen LogP contribution < -0.4 is 0 Å². The van der Waals surface area contributed by atoms with Gasteiger partial charge in [0.25, 0.3) is 0 Å². The van der Waals surface area contributed by atoms with Gasteiger partial charge in [-0.05, 0) is 0 Å². The number of hydrogen-bond donors (Lipinski definition) is 1. The summed E-state index contributed by atoms with van der Waals surface area (Å²) in [6, 6.07) is 0. The fourth-order valence-electron chi connectivity index (χ4n) is 1.90. The van der Waals surface area contributed by atoms with Crippen LogP contribution in [0.1, 0.15) is 12.8 Å². The van der Waals surface area contributed by atoms with Gasteiger partial charge in [-0.3, -0.25) is 0 Å². The van der Waals surface area contributed by atoms with Crippen molar-refractivity contribution in [1.29, 1.82) is 0 Å². The Labute approximate surface area is 126 Å². The average Bonchev–Trinajstić information content (AvgIpc) is 2.96. The molecule has 0 aromatic rings. The topological polar surface area (TPSA) is 72.8 Å². The fraction of sp³-hybridized carbons (Fsp3) is 1.00. The first-order valence-corrected chi connectivity index (χ1v) is 8.38. The molecule has 2 rings (SSSR count). The smallest absolute Gasteiger partial charge is 0 e. The number of aliphatic hydroxyl groups excluding tert-OH is 1. The van der Waals surface area contributed by atoms with E-state index in [-0.39, 0.29) is 53.7 Å². The van der Waals surface area contributed by atoms with E-state index in [1.54, 1.807) is 0 Å². The first kappa shape index (κ1) is 16.6. The van der Waals surface area contributed by atoms with E-state index in [4.69, 9.17) is 8.92 Å². The van der Waals surface area contributed by atoms with Crippen molar-refractivity contribution in [2.24, 2.45) is 0 Å². The molecule has 17 heavy (non-hydrogen) atoms. The predicted octanol–water partition coefficient (Wildman–Crippen LogP) is -0.614. The Kier molecular flexibility index (Phi) is 5.74. The summed E-state index contributed by atoms with van der Waals surface area (Å²) in [7, 11) is 0.454. The van der Waals surface area contributed by atoms with Gasteiger partial charge >= 0.3 is 99.9 Å². The Morgan fingerprint density at radius 2 is 1.94 bits per heavy atom. The zero-order chi connectivity index (χ0) is 11.9. The van der Waals surface area contributed by atoms with Gasteiger partial charge in [-0.1, -0.05) is 0 Å². The van der Waals surface area contributed by atoms with Gasteiger partial charge in [0.15, 0.2) is 0 Å². The molecule has 0 aromatic carbocycles. The van der Waals surface area contributed by atoms with Crippen LogP contribution in [-0.2, 0) is 29.8 Å². The van der Waals surface area contributed by atoms with Gasteiger partial charge in [0.05, 0.1) is 0 Å². The summed E-state index contributed by atoms with van der Waals surface area (Å²) in [6.45, 7) is 0.0819. The van der Waals surface area contributed by atoms with E-state index in [2.05, 4.69) is 7.81 Å². The van der Waals surface area contributed by atoms with Crippen molar-refractivity contribution in [2.75, 3.05) is 26.4 Å². The van der Waals surface area contributed by atoms with E-state index < -0.39 is 19.3 Å². The minimum Gasteiger partial charge on any atom is 0 e. The molecule has 2 fully saturated rings. The molecule has 0 aromatic heterocycles. The summed E-state index contributed by atoms with van der Waals surface area (Å²) in [4.78, 5) is 0. The molecule has 0 spiro atoms. The largest absolute Gasteiger partial charge is 0 e. The van der Waals surface area contributed by atoms with Crippen molar-refractivity contribution in [2.45, 2.75) is 22.3 Å². The van der Waals surface area contributed by atoms with Gasteiger partial charge in [-0.25, -0.2) is 0 Å². The zero-order valence-corrected chi connectivity index (χ0v) is 16.3. The third-order valence-electron chi connectivity index (χ3n) is 3.35. The van der Waals surface area contributed by atoms with Crippen LogP contribution >= 0.6 is 7.81 Å². The first-order valence-electron chi connectivity index (χ1n) is 4.93. The summed E-state index contributed by atoms with van der Waals surface area (Å²) >= 11 is 0.404. The minimum absolute atomic E-state index is 0. The molecule has 0 amide bonds. The summed E-state index contributed by atoms with van der Waals surface area (Å²) in [5.41, 5.74) is 0. The second-order valence-electron chi connectivity index (χ2n) is 4.38. The molecule has 1 saturated carbocycles. The van der Waals surface area contributed by atoms with Gasteiger partial charge in [-0.2, -0.15) is 0 Å². The van der Waals surface area contributed by atoms with Crippen LogP contribution in [0.5, 0.6) is 0 Å². The standard InChI is InChI=1S/C8H14O5PS2.Tl/c9-3-7(1-2-7)16(10,11)8(4-12-5-8)6-13-15-14;/h9,15H,1-6H2;/q-1;. The summed E-state index contributed by atoms with van der Waals surface area (Å²) in [6.07, 6.45) is 1.07. The van der Waals surface area contributed by atoms with Crippen LogP contribution in [0.25, 0.3) is 0 Å². The number of thiol groups is 1. The van der Waals surface area contributed by atoms with Gasteiger partial charge in [0, 0.05) is 27.3 Å². The van der Waals surface area contributed by atoms with Gasteiger partial charge in [0.1, 0.15) is 0 Å². The average molecular weight is 490 g/mol. The molecule has 1 aliphatic carbocycles. The molecular weight excluding hydrogens is 476 g/mol. The molecule has 1 N–H and O–H groups in total. The first-order chi connectivity index (χ1) is 7.54. The second kappa shape index (κ2) is 5.89. The monoisotopic (exact) mass is 490 g/mol. The fourth-order valence-corrected chi connectivity index (χ4v) is 4.89. The molecule has 1 saturated heterocycles. The van der Waals surface area contributed by atoms with Crippen LogP contribution in [0.3, 0.4) is 0 Å². The van der Waals surface area contributed by atoms with Crippen LogP contribution in [0.4, 0.5) is 0 Å². The summed E-state index contributed by atoms with van der Waals surface area (Å²) < 4.78 is 33.0. The maximum Gasteiger partial charge on any atom is 0 e.